The number of hydrogen-bond acceptors (Lipinski definition) is 4. The standard InChI is InChI=1S/C20H31N3O3S/c1-3-22(4-2)16-13-21-20(24)19-10-14-23(15-11-19)27(25,26)17-12-18-8-6-5-7-9-18/h5-9,12,17,19H,3-4,10-11,13-16H2,1-2H3,(H,21,24). The molecule has 7 heteroatoms. The second-order valence-corrected chi connectivity index (χ2v) is 8.57. The molecule has 0 saturated carbocycles. The van der Waals surface area contributed by atoms with E-state index in [1.165, 1.54) is 9.71 Å². The van der Waals surface area contributed by atoms with Gasteiger partial charge < -0.3 is 10.2 Å². The summed E-state index contributed by atoms with van der Waals surface area (Å²) in [6, 6.07) is 9.36. The van der Waals surface area contributed by atoms with E-state index in [0.717, 1.165) is 25.2 Å². The van der Waals surface area contributed by atoms with Gasteiger partial charge in [-0.1, -0.05) is 44.2 Å². The number of benzene rings is 1. The zero-order valence-electron chi connectivity index (χ0n) is 16.3. The monoisotopic (exact) mass is 393 g/mol. The molecule has 1 N–H and O–H groups in total. The predicted octanol–water partition coefficient (Wildman–Crippen LogP) is 2.16. The molecule has 1 aliphatic rings. The van der Waals surface area contributed by atoms with Crippen molar-refractivity contribution < 1.29 is 13.2 Å². The molecule has 2 rings (SSSR count). The summed E-state index contributed by atoms with van der Waals surface area (Å²) in [6.45, 7) is 8.40. The van der Waals surface area contributed by atoms with Crippen LogP contribution in [0.2, 0.25) is 0 Å². The van der Waals surface area contributed by atoms with Crippen molar-refractivity contribution in [3.05, 3.63) is 41.3 Å². The number of likely N-dealkylation sites (N-methyl/N-ethyl adjacent to an activating group) is 1. The van der Waals surface area contributed by atoms with Crippen molar-refractivity contribution in [3.63, 3.8) is 0 Å². The van der Waals surface area contributed by atoms with E-state index in [1.807, 2.05) is 30.3 Å². The van der Waals surface area contributed by atoms with Crippen molar-refractivity contribution in [3.8, 4) is 0 Å². The van der Waals surface area contributed by atoms with Gasteiger partial charge in [0.25, 0.3) is 0 Å². The van der Waals surface area contributed by atoms with Crippen LogP contribution in [-0.2, 0) is 14.8 Å². The van der Waals surface area contributed by atoms with Gasteiger partial charge in [-0.05, 0) is 37.6 Å². The summed E-state index contributed by atoms with van der Waals surface area (Å²) in [4.78, 5) is 14.6. The molecule has 1 saturated heterocycles. The van der Waals surface area contributed by atoms with Crippen molar-refractivity contribution in [1.29, 1.82) is 0 Å². The Labute approximate surface area is 163 Å². The van der Waals surface area contributed by atoms with Gasteiger partial charge in [0.15, 0.2) is 0 Å². The van der Waals surface area contributed by atoms with Crippen molar-refractivity contribution in [2.75, 3.05) is 39.3 Å². The smallest absolute Gasteiger partial charge is 0.236 e. The van der Waals surface area contributed by atoms with Gasteiger partial charge in [0.1, 0.15) is 0 Å². The summed E-state index contributed by atoms with van der Waals surface area (Å²) in [6.07, 6.45) is 2.74. The fraction of sp³-hybridized carbons (Fsp3) is 0.550. The van der Waals surface area contributed by atoms with Crippen molar-refractivity contribution in [2.45, 2.75) is 26.7 Å². The Morgan fingerprint density at radius 2 is 1.81 bits per heavy atom. The van der Waals surface area contributed by atoms with Gasteiger partial charge in [0.05, 0.1) is 0 Å². The van der Waals surface area contributed by atoms with E-state index in [0.29, 0.717) is 32.5 Å². The molecule has 1 aliphatic heterocycles. The van der Waals surface area contributed by atoms with E-state index in [1.54, 1.807) is 6.08 Å². The minimum Gasteiger partial charge on any atom is -0.355 e. The Bertz CT molecular complexity index is 707. The van der Waals surface area contributed by atoms with Crippen molar-refractivity contribution >= 4 is 22.0 Å². The third kappa shape index (κ3) is 6.75. The fourth-order valence-electron chi connectivity index (χ4n) is 3.21. The first-order valence-electron chi connectivity index (χ1n) is 9.69. The third-order valence-electron chi connectivity index (χ3n) is 5.04. The lowest BCUT2D eigenvalue weighted by Gasteiger charge is -2.29. The Hall–Kier alpha value is -1.70. The van der Waals surface area contributed by atoms with Crippen molar-refractivity contribution in [1.82, 2.24) is 14.5 Å². The van der Waals surface area contributed by atoms with Crippen LogP contribution in [0.25, 0.3) is 6.08 Å². The van der Waals surface area contributed by atoms with E-state index in [9.17, 15) is 13.2 Å². The maximum atomic E-state index is 12.5. The zero-order chi connectivity index (χ0) is 19.7. The summed E-state index contributed by atoms with van der Waals surface area (Å²) in [5.74, 6) is -0.0645. The third-order valence-corrected chi connectivity index (χ3v) is 6.60. The van der Waals surface area contributed by atoms with Crippen LogP contribution < -0.4 is 5.32 Å². The fourth-order valence-corrected chi connectivity index (χ4v) is 4.43. The summed E-state index contributed by atoms with van der Waals surface area (Å²) >= 11 is 0. The minimum absolute atomic E-state index is 0.0408. The molecular formula is C20H31N3O3S. The molecule has 0 aromatic heterocycles. The molecule has 1 heterocycles. The first-order valence-corrected chi connectivity index (χ1v) is 11.2. The number of sulfonamides is 1. The first-order chi connectivity index (χ1) is 13.0. The molecule has 150 valence electrons. The normalized spacial score (nSPS) is 16.9. The lowest BCUT2D eigenvalue weighted by molar-refractivity contribution is -0.126. The van der Waals surface area contributed by atoms with Gasteiger partial charge in [-0.2, -0.15) is 4.31 Å². The predicted molar refractivity (Wildman–Crippen MR) is 109 cm³/mol. The number of piperidine rings is 1. The SMILES string of the molecule is CCN(CC)CCNC(=O)C1CCN(S(=O)(=O)C=Cc2ccccc2)CC1. The Morgan fingerprint density at radius 3 is 2.41 bits per heavy atom. The van der Waals surface area contributed by atoms with Gasteiger partial charge in [-0.25, -0.2) is 8.42 Å². The molecule has 1 aromatic rings. The maximum absolute atomic E-state index is 12.5. The summed E-state index contributed by atoms with van der Waals surface area (Å²) in [7, 11) is -3.45. The van der Waals surface area contributed by atoms with E-state index in [2.05, 4.69) is 24.1 Å². The number of carbonyl (C=O) groups excluding carboxylic acids is 1. The van der Waals surface area contributed by atoms with E-state index < -0.39 is 10.0 Å². The molecule has 0 radical (unpaired) electrons. The molecule has 0 spiro atoms. The van der Waals surface area contributed by atoms with Gasteiger partial charge >= 0.3 is 0 Å². The Kier molecular flexibility index (Phi) is 8.47. The summed E-state index contributed by atoms with van der Waals surface area (Å²) in [5.41, 5.74) is 0.851. The largest absolute Gasteiger partial charge is 0.355 e. The van der Waals surface area contributed by atoms with Crippen LogP contribution >= 0.6 is 0 Å². The van der Waals surface area contributed by atoms with Crippen molar-refractivity contribution in [2.24, 2.45) is 5.92 Å². The molecule has 27 heavy (non-hydrogen) atoms. The molecule has 6 nitrogen and oxygen atoms in total. The van der Waals surface area contributed by atoms with Gasteiger partial charge in [0.2, 0.25) is 15.9 Å². The lowest BCUT2D eigenvalue weighted by Crippen LogP contribution is -2.43. The molecule has 1 fully saturated rings. The van der Waals surface area contributed by atoms with Crippen LogP contribution in [0.3, 0.4) is 0 Å². The van der Waals surface area contributed by atoms with Gasteiger partial charge in [-0.3, -0.25) is 4.79 Å². The average Bonchev–Trinajstić information content (AvgIpc) is 2.70. The van der Waals surface area contributed by atoms with Crippen LogP contribution in [0.15, 0.2) is 35.7 Å². The first kappa shape index (κ1) is 21.6. The molecule has 0 aliphatic carbocycles. The average molecular weight is 394 g/mol. The molecule has 1 amide bonds. The van der Waals surface area contributed by atoms with Crippen LogP contribution in [0.4, 0.5) is 0 Å². The number of nitrogens with zero attached hydrogens (tertiary/aromatic N) is 2. The van der Waals surface area contributed by atoms with Gasteiger partial charge in [0, 0.05) is 37.5 Å². The molecule has 0 bridgehead atoms. The van der Waals surface area contributed by atoms with Crippen LogP contribution in [0.1, 0.15) is 32.3 Å². The minimum atomic E-state index is -3.45. The highest BCUT2D eigenvalue weighted by Crippen LogP contribution is 2.21. The summed E-state index contributed by atoms with van der Waals surface area (Å²) < 4.78 is 26.4. The molecular weight excluding hydrogens is 362 g/mol. The Balaban J connectivity index is 1.80. The number of hydrogen-bond donors (Lipinski definition) is 1. The van der Waals surface area contributed by atoms with E-state index in [-0.39, 0.29) is 11.8 Å². The molecule has 1 aromatic carbocycles. The highest BCUT2D eigenvalue weighted by atomic mass is 32.2. The van der Waals surface area contributed by atoms with Crippen LogP contribution in [-0.4, -0.2) is 62.8 Å². The highest BCUT2D eigenvalue weighted by molar-refractivity contribution is 7.92. The number of rotatable bonds is 9. The second kappa shape index (κ2) is 10.6. The summed E-state index contributed by atoms with van der Waals surface area (Å²) in [5, 5.41) is 4.25. The number of carbonyl (C=O) groups is 1. The number of nitrogens with one attached hydrogen (secondary N) is 1. The zero-order valence-corrected chi connectivity index (χ0v) is 17.1. The van der Waals surface area contributed by atoms with Crippen LogP contribution in [0, 0.1) is 5.92 Å². The second-order valence-electron chi connectivity index (χ2n) is 6.75. The van der Waals surface area contributed by atoms with E-state index >= 15 is 0 Å². The topological polar surface area (TPSA) is 69.7 Å². The highest BCUT2D eigenvalue weighted by Gasteiger charge is 2.29. The lowest BCUT2D eigenvalue weighted by atomic mass is 9.97. The van der Waals surface area contributed by atoms with Crippen LogP contribution in [0.5, 0.6) is 0 Å². The quantitative estimate of drug-likeness (QED) is 0.698. The van der Waals surface area contributed by atoms with E-state index in [4.69, 9.17) is 0 Å². The van der Waals surface area contributed by atoms with Gasteiger partial charge in [-0.15, -0.1) is 0 Å². The molecule has 0 atom stereocenters. The maximum Gasteiger partial charge on any atom is 0.236 e. The number of amides is 1. The molecule has 0 unspecified atom stereocenters. The Morgan fingerprint density at radius 1 is 1.19 bits per heavy atom.